The number of halogens is 2. The van der Waals surface area contributed by atoms with Gasteiger partial charge in [0.25, 0.3) is 0 Å². The number of ether oxygens (including phenoxy) is 1. The molecule has 3 aliphatic heterocycles. The van der Waals surface area contributed by atoms with E-state index in [-0.39, 0.29) is 18.1 Å². The van der Waals surface area contributed by atoms with E-state index in [9.17, 15) is 29.5 Å². The molecule has 2 atom stereocenters. The number of piperazine rings is 1. The van der Waals surface area contributed by atoms with E-state index >= 15 is 0 Å². The van der Waals surface area contributed by atoms with Crippen LogP contribution in [-0.2, 0) is 20.7 Å². The van der Waals surface area contributed by atoms with Gasteiger partial charge in [-0.1, -0.05) is 18.6 Å². The van der Waals surface area contributed by atoms with Crippen LogP contribution in [-0.4, -0.2) is 126 Å². The SMILES string of the molecule is CC(C)(C)OC(=O)NCCCC[C@H](NC(=O)[C@@H](Cc1cc(Br)c(O)c(Br)c1)NC(=O)N1CCN(c2ccccc2C#N)CC1)C(=O)N1CCC(N2CCCCC2)CC1. The number of benzene rings is 2. The van der Waals surface area contributed by atoms with Gasteiger partial charge in [0, 0.05) is 58.3 Å². The van der Waals surface area contributed by atoms with Gasteiger partial charge in [0.15, 0.2) is 0 Å². The molecule has 16 heteroatoms. The molecule has 2 aromatic rings. The van der Waals surface area contributed by atoms with Crippen molar-refractivity contribution in [2.75, 3.05) is 63.8 Å². The summed E-state index contributed by atoms with van der Waals surface area (Å²) in [6, 6.07) is 11.1. The summed E-state index contributed by atoms with van der Waals surface area (Å²) in [6.45, 7) is 10.9. The molecule has 0 spiro atoms. The van der Waals surface area contributed by atoms with Crippen LogP contribution in [0.5, 0.6) is 5.75 Å². The third-order valence-electron chi connectivity index (χ3n) is 10.9. The third-order valence-corrected chi connectivity index (χ3v) is 12.2. The molecule has 3 heterocycles. The summed E-state index contributed by atoms with van der Waals surface area (Å²) in [5.41, 5.74) is 1.44. The number of nitrogens with zero attached hydrogens (tertiary/aromatic N) is 5. The number of phenols is 1. The molecule has 5 rings (SSSR count). The van der Waals surface area contributed by atoms with Crippen molar-refractivity contribution in [1.82, 2.24) is 30.7 Å². The van der Waals surface area contributed by atoms with E-state index in [4.69, 9.17) is 4.74 Å². The molecular formula is C42H58Br2N8O6. The number of likely N-dealkylation sites (tertiary alicyclic amines) is 2. The number of aromatic hydroxyl groups is 1. The number of nitrogens with one attached hydrogen (secondary N) is 3. The zero-order chi connectivity index (χ0) is 41.8. The van der Waals surface area contributed by atoms with Gasteiger partial charge >= 0.3 is 12.1 Å². The first-order chi connectivity index (χ1) is 27.7. The molecule has 58 heavy (non-hydrogen) atoms. The van der Waals surface area contributed by atoms with Crippen LogP contribution in [0.4, 0.5) is 15.3 Å². The van der Waals surface area contributed by atoms with E-state index < -0.39 is 35.7 Å². The summed E-state index contributed by atoms with van der Waals surface area (Å²) in [6.07, 6.45) is 6.47. The molecular weight excluding hydrogens is 872 g/mol. The first kappa shape index (κ1) is 45.0. The monoisotopic (exact) mass is 928 g/mol. The molecule has 2 aromatic carbocycles. The number of alkyl carbamates (subject to hydrolysis) is 1. The van der Waals surface area contributed by atoms with Gasteiger partial charge in [0.2, 0.25) is 11.8 Å². The minimum atomic E-state index is -1.05. The van der Waals surface area contributed by atoms with Crippen LogP contribution >= 0.6 is 31.9 Å². The molecule has 0 aliphatic carbocycles. The number of unbranched alkanes of at least 4 members (excludes halogenated alkanes) is 1. The maximum atomic E-state index is 14.4. The van der Waals surface area contributed by atoms with Crippen molar-refractivity contribution in [2.24, 2.45) is 0 Å². The van der Waals surface area contributed by atoms with Gasteiger partial charge < -0.3 is 45.4 Å². The highest BCUT2D eigenvalue weighted by molar-refractivity contribution is 9.11. The number of rotatable bonds is 13. The predicted molar refractivity (Wildman–Crippen MR) is 230 cm³/mol. The second kappa shape index (κ2) is 21.3. The Kier molecular flexibility index (Phi) is 16.5. The molecule has 0 unspecified atom stereocenters. The fourth-order valence-corrected chi connectivity index (χ4v) is 9.16. The van der Waals surface area contributed by atoms with E-state index in [0.29, 0.717) is 91.2 Å². The van der Waals surface area contributed by atoms with E-state index in [1.165, 1.54) is 19.3 Å². The van der Waals surface area contributed by atoms with Crippen LogP contribution in [0.15, 0.2) is 45.3 Å². The average Bonchev–Trinajstić information content (AvgIpc) is 3.21. The molecule has 3 fully saturated rings. The largest absolute Gasteiger partial charge is 0.506 e. The lowest BCUT2D eigenvalue weighted by atomic mass is 9.98. The second-order valence-electron chi connectivity index (χ2n) is 16.4. The number of anilines is 1. The Labute approximate surface area is 359 Å². The third kappa shape index (κ3) is 13.0. The summed E-state index contributed by atoms with van der Waals surface area (Å²) in [5, 5.41) is 28.7. The van der Waals surface area contributed by atoms with Crippen LogP contribution < -0.4 is 20.9 Å². The number of carbonyl (C=O) groups excluding carboxylic acids is 4. The van der Waals surface area contributed by atoms with Gasteiger partial charge in [0.05, 0.1) is 20.2 Å². The molecule has 0 radical (unpaired) electrons. The minimum Gasteiger partial charge on any atom is -0.506 e. The molecule has 4 N–H and O–H groups in total. The van der Waals surface area contributed by atoms with Gasteiger partial charge in [-0.25, -0.2) is 9.59 Å². The lowest BCUT2D eigenvalue weighted by Crippen LogP contribution is -2.59. The molecule has 14 nitrogen and oxygen atoms in total. The van der Waals surface area contributed by atoms with Crippen molar-refractivity contribution in [3.8, 4) is 11.8 Å². The van der Waals surface area contributed by atoms with Crippen LogP contribution in [0.1, 0.15) is 83.3 Å². The molecule has 5 amide bonds. The number of nitriles is 1. The standard InChI is InChI=1S/C42H58Br2N8O6/c1-42(2,3)58-41(57)46-16-8-7-12-34(39(55)51-19-14-31(15-20-51)49-17-9-4-10-18-49)47-38(54)35(27-29-25-32(43)37(53)33(44)26-29)48-40(56)52-23-21-50(22-24-52)36-13-6-5-11-30(36)28-45/h5-6,11,13,25-26,31,34-35,53H,4,7-10,12,14-24,27H2,1-3H3,(H,46,57)(H,47,54)(H,48,56)/t34-,35+/m0/s1. The minimum absolute atomic E-state index is 0.0144. The highest BCUT2D eigenvalue weighted by Gasteiger charge is 2.34. The van der Waals surface area contributed by atoms with Crippen molar-refractivity contribution >= 4 is 61.5 Å². The Hall–Kier alpha value is -4.07. The normalized spacial score (nSPS) is 17.8. The van der Waals surface area contributed by atoms with Crippen LogP contribution in [0.3, 0.4) is 0 Å². The summed E-state index contributed by atoms with van der Waals surface area (Å²) in [4.78, 5) is 62.9. The fraction of sp³-hybridized carbons (Fsp3) is 0.595. The molecule has 3 saturated heterocycles. The Morgan fingerprint density at radius 2 is 1.53 bits per heavy atom. The van der Waals surface area contributed by atoms with E-state index in [1.54, 1.807) is 43.9 Å². The summed E-state index contributed by atoms with van der Waals surface area (Å²) in [7, 11) is 0. The van der Waals surface area contributed by atoms with Crippen LogP contribution in [0.25, 0.3) is 0 Å². The lowest BCUT2D eigenvalue weighted by molar-refractivity contribution is -0.138. The number of carbonyl (C=O) groups is 4. The van der Waals surface area contributed by atoms with Crippen LogP contribution in [0, 0.1) is 11.3 Å². The summed E-state index contributed by atoms with van der Waals surface area (Å²) < 4.78 is 6.21. The number of phenolic OH excluding ortho intramolecular Hbond substituents is 1. The van der Waals surface area contributed by atoms with Crippen molar-refractivity contribution in [1.29, 1.82) is 5.26 Å². The predicted octanol–water partition coefficient (Wildman–Crippen LogP) is 5.89. The highest BCUT2D eigenvalue weighted by atomic mass is 79.9. The topological polar surface area (TPSA) is 171 Å². The second-order valence-corrected chi connectivity index (χ2v) is 18.1. The maximum absolute atomic E-state index is 14.4. The number of para-hydroxylation sites is 1. The van der Waals surface area contributed by atoms with E-state index in [0.717, 1.165) is 31.6 Å². The van der Waals surface area contributed by atoms with E-state index in [1.807, 2.05) is 23.1 Å². The Morgan fingerprint density at radius 3 is 2.17 bits per heavy atom. The van der Waals surface area contributed by atoms with E-state index in [2.05, 4.69) is 63.7 Å². The van der Waals surface area contributed by atoms with Gasteiger partial charge in [-0.15, -0.1) is 0 Å². The molecule has 0 saturated carbocycles. The Balaban J connectivity index is 1.28. The number of amides is 5. The first-order valence-corrected chi connectivity index (χ1v) is 22.1. The van der Waals surface area contributed by atoms with Gasteiger partial charge in [-0.2, -0.15) is 5.26 Å². The Morgan fingerprint density at radius 1 is 0.879 bits per heavy atom. The fourth-order valence-electron chi connectivity index (χ4n) is 7.88. The van der Waals surface area contributed by atoms with Gasteiger partial charge in [-0.05, 0) is 140 Å². The zero-order valence-corrected chi connectivity index (χ0v) is 37.1. The first-order valence-electron chi connectivity index (χ1n) is 20.5. The number of piperidine rings is 2. The quantitative estimate of drug-likeness (QED) is 0.179. The number of urea groups is 1. The van der Waals surface area contributed by atoms with Crippen molar-refractivity contribution in [3.05, 3.63) is 56.5 Å². The molecule has 3 aliphatic rings. The zero-order valence-electron chi connectivity index (χ0n) is 33.9. The molecule has 0 aromatic heterocycles. The smallest absolute Gasteiger partial charge is 0.407 e. The lowest BCUT2D eigenvalue weighted by Gasteiger charge is -2.41. The van der Waals surface area contributed by atoms with Gasteiger partial charge in [-0.3, -0.25) is 9.59 Å². The summed E-state index contributed by atoms with van der Waals surface area (Å²) in [5.74, 6) is -0.635. The van der Waals surface area contributed by atoms with Crippen molar-refractivity contribution in [2.45, 2.75) is 102 Å². The van der Waals surface area contributed by atoms with Crippen LogP contribution in [0.2, 0.25) is 0 Å². The summed E-state index contributed by atoms with van der Waals surface area (Å²) >= 11 is 6.76. The number of hydrogen-bond donors (Lipinski definition) is 4. The number of hydrogen-bond acceptors (Lipinski definition) is 9. The van der Waals surface area contributed by atoms with Crippen molar-refractivity contribution < 1.29 is 29.0 Å². The van der Waals surface area contributed by atoms with Gasteiger partial charge in [0.1, 0.15) is 29.5 Å². The molecule has 316 valence electrons. The highest BCUT2D eigenvalue weighted by Crippen LogP contribution is 2.34. The average molecular weight is 931 g/mol. The molecule has 0 bridgehead atoms. The Bertz CT molecular complexity index is 1760. The van der Waals surface area contributed by atoms with Crippen molar-refractivity contribution in [3.63, 3.8) is 0 Å². The maximum Gasteiger partial charge on any atom is 0.407 e.